The van der Waals surface area contributed by atoms with E-state index in [1.807, 2.05) is 26.8 Å². The third-order valence-corrected chi connectivity index (χ3v) is 4.72. The average molecular weight is 399 g/mol. The molecule has 154 valence electrons. The van der Waals surface area contributed by atoms with Gasteiger partial charge in [-0.25, -0.2) is 8.78 Å². The van der Waals surface area contributed by atoms with Gasteiger partial charge in [0, 0.05) is 17.7 Å². The van der Waals surface area contributed by atoms with E-state index in [9.17, 15) is 13.6 Å². The Morgan fingerprint density at radius 1 is 1.07 bits per heavy atom. The van der Waals surface area contributed by atoms with Crippen molar-refractivity contribution < 1.29 is 18.3 Å². The molecule has 0 aliphatic rings. The van der Waals surface area contributed by atoms with Gasteiger partial charge >= 0.3 is 0 Å². The zero-order chi connectivity index (χ0) is 21.7. The van der Waals surface area contributed by atoms with Crippen LogP contribution in [-0.2, 0) is 6.42 Å². The van der Waals surface area contributed by atoms with Crippen LogP contribution in [0.1, 0.15) is 42.3 Å². The van der Waals surface area contributed by atoms with E-state index in [0.29, 0.717) is 28.3 Å². The molecule has 0 saturated heterocycles. The third-order valence-electron chi connectivity index (χ3n) is 4.72. The van der Waals surface area contributed by atoms with Crippen molar-refractivity contribution in [2.75, 3.05) is 0 Å². The molecule has 0 spiro atoms. The van der Waals surface area contributed by atoms with Crippen molar-refractivity contribution in [2.24, 2.45) is 0 Å². The van der Waals surface area contributed by atoms with E-state index in [-0.39, 0.29) is 18.4 Å². The molecule has 0 aliphatic carbocycles. The number of carbonyl (C=O) groups is 1. The molecule has 0 N–H and O–H groups in total. The lowest BCUT2D eigenvalue weighted by Gasteiger charge is -2.30. The highest BCUT2D eigenvalue weighted by molar-refractivity contribution is 5.97. The van der Waals surface area contributed by atoms with Gasteiger partial charge in [-0.05, 0) is 63.1 Å². The molecule has 5 heteroatoms. The summed E-state index contributed by atoms with van der Waals surface area (Å²) >= 11 is 0. The quantitative estimate of drug-likeness (QED) is 0.472. The molecule has 0 heterocycles. The van der Waals surface area contributed by atoms with Crippen LogP contribution >= 0.6 is 0 Å². The Bertz CT molecular complexity index is 904. The molecule has 29 heavy (non-hydrogen) atoms. The van der Waals surface area contributed by atoms with Crippen LogP contribution in [0.2, 0.25) is 0 Å². The van der Waals surface area contributed by atoms with Gasteiger partial charge in [0.25, 0.3) is 5.91 Å². The number of alkyl halides is 2. The monoisotopic (exact) mass is 399 g/mol. The van der Waals surface area contributed by atoms with Gasteiger partial charge in [0.1, 0.15) is 11.5 Å². The minimum absolute atomic E-state index is 0.178. The van der Waals surface area contributed by atoms with E-state index in [2.05, 4.69) is 13.2 Å². The largest absolute Gasteiger partial charge is 0.457 e. The molecule has 1 amide bonds. The molecule has 0 saturated carbocycles. The van der Waals surface area contributed by atoms with Gasteiger partial charge in [0.15, 0.2) is 0 Å². The molecule has 3 nitrogen and oxygen atoms in total. The minimum Gasteiger partial charge on any atom is -0.457 e. The topological polar surface area (TPSA) is 29.5 Å². The highest BCUT2D eigenvalue weighted by Gasteiger charge is 2.24. The summed E-state index contributed by atoms with van der Waals surface area (Å²) in [6.45, 7) is 15.3. The highest BCUT2D eigenvalue weighted by atomic mass is 19.3. The fourth-order valence-electron chi connectivity index (χ4n) is 2.93. The van der Waals surface area contributed by atoms with Gasteiger partial charge in [-0.3, -0.25) is 4.79 Å². The van der Waals surface area contributed by atoms with Crippen LogP contribution in [-0.4, -0.2) is 23.3 Å². The Morgan fingerprint density at radius 2 is 1.66 bits per heavy atom. The van der Waals surface area contributed by atoms with Crippen LogP contribution in [0.3, 0.4) is 0 Å². The second-order valence-corrected chi connectivity index (χ2v) is 7.25. The number of benzene rings is 2. The Kier molecular flexibility index (Phi) is 7.32. The number of hydrogen-bond acceptors (Lipinski definition) is 2. The molecular weight excluding hydrogens is 372 g/mol. The molecule has 0 radical (unpaired) electrons. The summed E-state index contributed by atoms with van der Waals surface area (Å²) in [5.74, 6) is 0.825. The van der Waals surface area contributed by atoms with Crippen LogP contribution in [0.15, 0.2) is 66.9 Å². The van der Waals surface area contributed by atoms with Crippen LogP contribution in [0, 0.1) is 6.92 Å². The number of ether oxygens (including phenoxy) is 1. The summed E-state index contributed by atoms with van der Waals surface area (Å²) < 4.78 is 30.8. The highest BCUT2D eigenvalue weighted by Crippen LogP contribution is 2.27. The van der Waals surface area contributed by atoms with E-state index in [1.54, 1.807) is 48.2 Å². The summed E-state index contributed by atoms with van der Waals surface area (Å²) in [6, 6.07) is 11.6. The Labute approximate surface area is 171 Å². The smallest absolute Gasteiger partial charge is 0.258 e. The fourth-order valence-corrected chi connectivity index (χ4v) is 2.93. The average Bonchev–Trinajstić information content (AvgIpc) is 2.64. The molecule has 1 atom stereocenters. The number of amides is 1. The van der Waals surface area contributed by atoms with Crippen molar-refractivity contribution in [3.8, 4) is 11.5 Å². The molecule has 0 aliphatic heterocycles. The van der Waals surface area contributed by atoms with E-state index in [0.717, 1.165) is 11.1 Å². The Hall–Kier alpha value is -2.95. The molecule has 2 rings (SSSR count). The first-order valence-corrected chi connectivity index (χ1v) is 9.40. The van der Waals surface area contributed by atoms with Crippen molar-refractivity contribution in [3.63, 3.8) is 0 Å². The van der Waals surface area contributed by atoms with Crippen LogP contribution in [0.4, 0.5) is 8.78 Å². The summed E-state index contributed by atoms with van der Waals surface area (Å²) in [7, 11) is 0. The number of halogens is 2. The number of hydrogen-bond donors (Lipinski definition) is 0. The van der Waals surface area contributed by atoms with E-state index in [1.165, 1.54) is 0 Å². The van der Waals surface area contributed by atoms with Crippen LogP contribution in [0.25, 0.3) is 0 Å². The van der Waals surface area contributed by atoms with Crippen LogP contribution < -0.4 is 4.74 Å². The molecule has 0 bridgehead atoms. The lowest BCUT2D eigenvalue weighted by molar-refractivity contribution is 0.0776. The number of allylic oxidation sites excluding steroid dienone is 1. The van der Waals surface area contributed by atoms with E-state index < -0.39 is 6.43 Å². The summed E-state index contributed by atoms with van der Waals surface area (Å²) in [6.07, 6.45) is -2.67. The van der Waals surface area contributed by atoms with E-state index in [4.69, 9.17) is 4.74 Å². The van der Waals surface area contributed by atoms with Crippen molar-refractivity contribution in [1.29, 1.82) is 0 Å². The maximum atomic E-state index is 13.2. The molecular formula is C24H27F2NO2. The first kappa shape index (κ1) is 22.3. The van der Waals surface area contributed by atoms with Gasteiger partial charge in [-0.15, -0.1) is 0 Å². The van der Waals surface area contributed by atoms with Gasteiger partial charge in [-0.1, -0.05) is 36.9 Å². The lowest BCUT2D eigenvalue weighted by atomic mass is 10.0. The normalized spacial score (nSPS) is 11.8. The number of carbonyl (C=O) groups excluding carboxylic acids is 1. The summed E-state index contributed by atoms with van der Waals surface area (Å²) in [5, 5.41) is 0. The van der Waals surface area contributed by atoms with Gasteiger partial charge in [0.2, 0.25) is 6.43 Å². The van der Waals surface area contributed by atoms with Gasteiger partial charge < -0.3 is 9.64 Å². The number of nitrogens with zero attached hydrogens (tertiary/aromatic N) is 1. The summed E-state index contributed by atoms with van der Waals surface area (Å²) in [4.78, 5) is 14.8. The van der Waals surface area contributed by atoms with Gasteiger partial charge in [0.05, 0.1) is 6.04 Å². The third kappa shape index (κ3) is 5.76. The number of rotatable bonds is 8. The van der Waals surface area contributed by atoms with Crippen molar-refractivity contribution in [2.45, 2.75) is 46.6 Å². The van der Waals surface area contributed by atoms with Gasteiger partial charge in [-0.2, -0.15) is 0 Å². The fraction of sp³-hybridized carbons (Fsp3) is 0.292. The zero-order valence-electron chi connectivity index (χ0n) is 17.3. The Balaban J connectivity index is 2.28. The predicted octanol–water partition coefficient (Wildman–Crippen LogP) is 6.54. The number of aryl methyl sites for hydroxylation is 1. The minimum atomic E-state index is -2.38. The molecule has 0 aromatic heterocycles. The SMILES string of the molecule is C=C(C)C(C)N(C(=C)C)C(=O)c1cc(Oc2ccc(CC(F)F)cc2)ccc1C. The Morgan fingerprint density at radius 3 is 2.17 bits per heavy atom. The second kappa shape index (κ2) is 9.50. The van der Waals surface area contributed by atoms with Crippen molar-refractivity contribution in [1.82, 2.24) is 4.90 Å². The lowest BCUT2D eigenvalue weighted by Crippen LogP contribution is -2.37. The first-order chi connectivity index (χ1) is 13.6. The zero-order valence-corrected chi connectivity index (χ0v) is 17.3. The summed E-state index contributed by atoms with van der Waals surface area (Å²) in [5.41, 5.74) is 3.35. The second-order valence-electron chi connectivity index (χ2n) is 7.25. The maximum absolute atomic E-state index is 13.2. The van der Waals surface area contributed by atoms with Crippen molar-refractivity contribution >= 4 is 5.91 Å². The maximum Gasteiger partial charge on any atom is 0.258 e. The molecule has 1 unspecified atom stereocenters. The van der Waals surface area contributed by atoms with Crippen molar-refractivity contribution in [3.05, 3.63) is 83.6 Å². The van der Waals surface area contributed by atoms with E-state index >= 15 is 0 Å². The molecule has 2 aromatic carbocycles. The van der Waals surface area contributed by atoms with Crippen LogP contribution in [0.5, 0.6) is 11.5 Å². The standard InChI is InChI=1S/C24H27F2NO2/c1-15(2)18(6)27(16(3)4)24(28)22-14-21(10-7-17(22)5)29-20-11-8-19(9-12-20)13-23(25)26/h7-12,14,18,23H,1,3,13H2,2,4-6H3. The molecule has 0 fully saturated rings. The molecule has 2 aromatic rings. The predicted molar refractivity (Wildman–Crippen MR) is 113 cm³/mol. The first-order valence-electron chi connectivity index (χ1n) is 9.40.